The van der Waals surface area contributed by atoms with E-state index in [0.29, 0.717) is 41.4 Å². The van der Waals surface area contributed by atoms with E-state index in [-0.39, 0.29) is 45.0 Å². The van der Waals surface area contributed by atoms with Crippen molar-refractivity contribution in [2.75, 3.05) is 6.54 Å². The lowest BCUT2D eigenvalue weighted by atomic mass is 9.32. The molecule has 5 nitrogen and oxygen atoms in total. The fraction of sp³-hybridized carbons (Fsp3) is 0.767. The van der Waals surface area contributed by atoms with Crippen LogP contribution in [-0.2, 0) is 4.79 Å². The predicted octanol–water partition coefficient (Wildman–Crippen LogP) is 9.98. The molecule has 1 aliphatic heterocycles. The molecule has 268 valence electrons. The van der Waals surface area contributed by atoms with E-state index < -0.39 is 0 Å². The highest BCUT2D eigenvalue weighted by molar-refractivity contribution is 5.84. The minimum atomic E-state index is -0.282. The summed E-state index contributed by atoms with van der Waals surface area (Å²) in [5.41, 5.74) is 2.20. The summed E-state index contributed by atoms with van der Waals surface area (Å²) in [4.78, 5) is 26.0. The molecular weight excluding hydrogens is 609 g/mol. The smallest absolute Gasteiger partial charge is 0.229 e. The van der Waals surface area contributed by atoms with Gasteiger partial charge in [0, 0.05) is 6.54 Å². The van der Waals surface area contributed by atoms with Crippen molar-refractivity contribution in [3.05, 3.63) is 42.1 Å². The van der Waals surface area contributed by atoms with E-state index in [2.05, 4.69) is 58.4 Å². The number of likely N-dealkylation sites (tertiary alicyclic amines) is 1. The molecular formula is C43H62FN3O2. The summed E-state index contributed by atoms with van der Waals surface area (Å²) in [6.45, 7) is 18.3. The molecule has 6 heteroatoms. The van der Waals surface area contributed by atoms with Crippen molar-refractivity contribution in [1.82, 2.24) is 14.9 Å². The number of aromatic amines is 1. The van der Waals surface area contributed by atoms with Crippen molar-refractivity contribution in [3.63, 3.8) is 0 Å². The number of nitrogens with one attached hydrogen (secondary N) is 1. The van der Waals surface area contributed by atoms with Crippen LogP contribution >= 0.6 is 0 Å². The van der Waals surface area contributed by atoms with Crippen LogP contribution in [0.5, 0.6) is 0 Å². The summed E-state index contributed by atoms with van der Waals surface area (Å²) >= 11 is 0. The second-order valence-electron chi connectivity index (χ2n) is 19.5. The molecule has 8 rings (SSSR count). The minimum absolute atomic E-state index is 0.0309. The summed E-state index contributed by atoms with van der Waals surface area (Å²) in [6.07, 6.45) is 15.0. The fourth-order valence-corrected chi connectivity index (χ4v) is 14.6. The Kier molecular flexibility index (Phi) is 7.88. The summed E-state index contributed by atoms with van der Waals surface area (Å²) < 4.78 is 13.6. The van der Waals surface area contributed by atoms with E-state index in [4.69, 9.17) is 4.98 Å². The predicted molar refractivity (Wildman–Crippen MR) is 193 cm³/mol. The number of amides is 1. The average Bonchev–Trinajstić information content (AvgIpc) is 3.82. The van der Waals surface area contributed by atoms with Crippen LogP contribution in [0.4, 0.5) is 4.39 Å². The first kappa shape index (κ1) is 33.9. The topological polar surface area (TPSA) is 69.2 Å². The zero-order valence-electron chi connectivity index (χ0n) is 31.3. The van der Waals surface area contributed by atoms with Crippen LogP contribution < -0.4 is 0 Å². The Labute approximate surface area is 294 Å². The van der Waals surface area contributed by atoms with E-state index in [1.165, 1.54) is 44.2 Å². The molecule has 0 radical (unpaired) electrons. The second kappa shape index (κ2) is 11.4. The van der Waals surface area contributed by atoms with Crippen molar-refractivity contribution >= 4 is 5.91 Å². The van der Waals surface area contributed by atoms with Crippen LogP contribution in [0.3, 0.4) is 0 Å². The van der Waals surface area contributed by atoms with Gasteiger partial charge >= 0.3 is 0 Å². The Morgan fingerprint density at radius 2 is 1.65 bits per heavy atom. The highest BCUT2D eigenvalue weighted by Gasteiger charge is 2.72. The Bertz CT molecular complexity index is 1580. The van der Waals surface area contributed by atoms with E-state index in [1.54, 1.807) is 12.1 Å². The van der Waals surface area contributed by atoms with Crippen molar-refractivity contribution in [1.29, 1.82) is 0 Å². The van der Waals surface area contributed by atoms with Gasteiger partial charge in [-0.15, -0.1) is 0 Å². The lowest BCUT2D eigenvalue weighted by Gasteiger charge is -2.73. The second-order valence-corrected chi connectivity index (χ2v) is 19.5. The number of aromatic nitrogens is 2. The molecule has 2 heterocycles. The normalized spacial score (nSPS) is 44.3. The fourth-order valence-electron chi connectivity index (χ4n) is 14.6. The molecule has 1 aromatic carbocycles. The maximum Gasteiger partial charge on any atom is 0.229 e. The van der Waals surface area contributed by atoms with Gasteiger partial charge in [-0.25, -0.2) is 9.37 Å². The number of imidazole rings is 1. The Morgan fingerprint density at radius 1 is 0.898 bits per heavy atom. The van der Waals surface area contributed by atoms with E-state index in [9.17, 15) is 9.50 Å². The van der Waals surface area contributed by atoms with Crippen LogP contribution in [0.1, 0.15) is 137 Å². The van der Waals surface area contributed by atoms with Crippen molar-refractivity contribution in [2.45, 2.75) is 138 Å². The molecule has 2 aromatic rings. The molecule has 0 spiro atoms. The summed E-state index contributed by atoms with van der Waals surface area (Å²) in [6, 6.07) is 6.53. The molecule has 1 saturated heterocycles. The summed E-state index contributed by atoms with van der Waals surface area (Å²) in [5.74, 6) is 4.43. The number of aliphatic hydroxyl groups is 1. The molecule has 6 fully saturated rings. The lowest BCUT2D eigenvalue weighted by molar-refractivity contribution is -0.249. The number of halogens is 1. The summed E-state index contributed by atoms with van der Waals surface area (Å²) in [7, 11) is 0. The van der Waals surface area contributed by atoms with Gasteiger partial charge in [-0.3, -0.25) is 4.79 Å². The number of hydrogen-bond acceptors (Lipinski definition) is 3. The van der Waals surface area contributed by atoms with E-state index in [0.717, 1.165) is 68.6 Å². The molecule has 0 bridgehead atoms. The first-order valence-corrected chi connectivity index (χ1v) is 20.0. The maximum atomic E-state index is 15.4. The Balaban J connectivity index is 1.11. The summed E-state index contributed by atoms with van der Waals surface area (Å²) in [5, 5.41) is 11.1. The quantitative estimate of drug-likeness (QED) is 0.340. The molecule has 49 heavy (non-hydrogen) atoms. The highest BCUT2D eigenvalue weighted by Crippen LogP contribution is 2.77. The van der Waals surface area contributed by atoms with Crippen LogP contribution in [0.2, 0.25) is 0 Å². The number of H-pyrrole nitrogens is 1. The number of carbonyl (C=O) groups excluding carboxylic acids is 1. The first-order valence-electron chi connectivity index (χ1n) is 20.0. The minimum Gasteiger partial charge on any atom is -0.393 e. The molecule has 1 aromatic heterocycles. The number of rotatable bonds is 4. The SMILES string of the molecule is CC(C)C1CCC2(C(=O)N3CCCC3c3ncc(-c4ccc(F)cc4)[nH]3)CCC3(C)C(CCC4C5(C)CCC(O)C(C)(C)C5CCC43C)C12. The van der Waals surface area contributed by atoms with Gasteiger partial charge in [0.15, 0.2) is 0 Å². The lowest BCUT2D eigenvalue weighted by Crippen LogP contribution is -2.67. The first-order chi connectivity index (χ1) is 23.2. The van der Waals surface area contributed by atoms with Gasteiger partial charge in [-0.1, -0.05) is 48.5 Å². The largest absolute Gasteiger partial charge is 0.393 e. The van der Waals surface area contributed by atoms with Crippen LogP contribution in [0.25, 0.3) is 11.3 Å². The monoisotopic (exact) mass is 671 g/mol. The van der Waals surface area contributed by atoms with Crippen molar-refractivity contribution in [2.24, 2.45) is 62.6 Å². The van der Waals surface area contributed by atoms with Gasteiger partial charge in [0.2, 0.25) is 5.91 Å². The molecule has 2 N–H and O–H groups in total. The molecule has 5 aliphatic carbocycles. The third-order valence-electron chi connectivity index (χ3n) is 17.3. The third-order valence-corrected chi connectivity index (χ3v) is 17.3. The van der Waals surface area contributed by atoms with E-state index >= 15 is 4.79 Å². The molecule has 11 atom stereocenters. The molecule has 11 unspecified atom stereocenters. The zero-order chi connectivity index (χ0) is 34.7. The van der Waals surface area contributed by atoms with Crippen LogP contribution in [-0.4, -0.2) is 38.5 Å². The number of nitrogens with zero attached hydrogens (tertiary/aromatic N) is 2. The Hall–Kier alpha value is -2.21. The Morgan fingerprint density at radius 3 is 2.39 bits per heavy atom. The number of carbonyl (C=O) groups is 1. The molecule has 5 saturated carbocycles. The van der Waals surface area contributed by atoms with Gasteiger partial charge in [0.05, 0.1) is 29.5 Å². The number of benzene rings is 1. The average molecular weight is 672 g/mol. The number of aliphatic hydroxyl groups excluding tert-OH is 1. The van der Waals surface area contributed by atoms with Crippen molar-refractivity contribution < 1.29 is 14.3 Å². The van der Waals surface area contributed by atoms with Gasteiger partial charge in [-0.05, 0) is 164 Å². The van der Waals surface area contributed by atoms with Crippen LogP contribution in [0.15, 0.2) is 30.5 Å². The number of hydrogen-bond donors (Lipinski definition) is 2. The molecule has 6 aliphatic rings. The van der Waals surface area contributed by atoms with Crippen LogP contribution in [0, 0.1) is 68.4 Å². The highest BCUT2D eigenvalue weighted by atomic mass is 19.1. The van der Waals surface area contributed by atoms with Crippen molar-refractivity contribution in [3.8, 4) is 11.3 Å². The molecule has 1 amide bonds. The van der Waals surface area contributed by atoms with E-state index in [1.807, 2.05) is 6.20 Å². The maximum absolute atomic E-state index is 15.4. The standard InChI is InChI=1S/C43H62FN3O2/c1-26(2)29-16-21-43(38(49)47-24-8-9-32(47)37-45-25-31(46-37)27-10-12-28(44)13-11-27)23-22-41(6)30(36(29)43)14-15-34-40(5)19-18-35(48)39(3,4)33(40)17-20-42(34,41)7/h10-13,25-26,29-30,32-36,48H,8-9,14-24H2,1-7H3,(H,45,46). The zero-order valence-corrected chi connectivity index (χ0v) is 31.3. The van der Waals surface area contributed by atoms with Gasteiger partial charge in [0.1, 0.15) is 11.6 Å². The van der Waals surface area contributed by atoms with Gasteiger partial charge in [0.25, 0.3) is 0 Å². The third kappa shape index (κ3) is 4.62. The van der Waals surface area contributed by atoms with Gasteiger partial charge < -0.3 is 15.0 Å². The number of fused-ring (bicyclic) bond motifs is 7. The van der Waals surface area contributed by atoms with Gasteiger partial charge in [-0.2, -0.15) is 0 Å².